The minimum Gasteiger partial charge on any atom is -0.459 e. The van der Waals surface area contributed by atoms with E-state index in [4.69, 9.17) is 4.74 Å². The molecule has 1 rings (SSSR count). The van der Waals surface area contributed by atoms with E-state index in [0.29, 0.717) is 0 Å². The van der Waals surface area contributed by atoms with Gasteiger partial charge in [-0.3, -0.25) is 4.90 Å². The summed E-state index contributed by atoms with van der Waals surface area (Å²) in [5, 5.41) is 11.8. The molecule has 1 aromatic rings. The molecule has 0 fully saturated rings. The molecule has 7 heteroatoms. The average molecular weight is 324 g/mol. The van der Waals surface area contributed by atoms with Crippen molar-refractivity contribution >= 4 is 24.6 Å². The van der Waals surface area contributed by atoms with Crippen molar-refractivity contribution < 1.29 is 19.4 Å². The summed E-state index contributed by atoms with van der Waals surface area (Å²) in [6.07, 6.45) is 0. The maximum Gasteiger partial charge on any atom is 0.331 e. The number of urea groups is 1. The molecule has 0 aliphatic rings. The number of esters is 1. The lowest BCUT2D eigenvalue weighted by Gasteiger charge is -2.34. The summed E-state index contributed by atoms with van der Waals surface area (Å²) in [4.78, 5) is 25.1. The molecule has 0 spiro atoms. The van der Waals surface area contributed by atoms with E-state index < -0.39 is 24.3 Å². The average Bonchev–Trinajstić information content (AvgIpc) is 2.45. The van der Waals surface area contributed by atoms with Gasteiger partial charge in [0.15, 0.2) is 0 Å². The quantitative estimate of drug-likeness (QED) is 0.424. The molecule has 0 bridgehead atoms. The highest BCUT2D eigenvalue weighted by molar-refractivity contribution is 7.84. The van der Waals surface area contributed by atoms with E-state index in [1.807, 2.05) is 30.3 Å². The second-order valence-electron chi connectivity index (χ2n) is 5.07. The van der Waals surface area contributed by atoms with E-state index >= 15 is 0 Å². The molecule has 0 saturated carbocycles. The van der Waals surface area contributed by atoms with E-state index in [2.05, 4.69) is 24.5 Å². The molecule has 0 aliphatic carbocycles. The molecule has 0 saturated heterocycles. The molecule has 2 amide bonds. The summed E-state index contributed by atoms with van der Waals surface area (Å²) >= 11 is 3.86. The third-order valence-corrected chi connectivity index (χ3v) is 3.14. The molecule has 0 heterocycles. The van der Waals surface area contributed by atoms with Crippen LogP contribution >= 0.6 is 12.6 Å². The molecule has 2 N–H and O–H groups in total. The maximum atomic E-state index is 12.2. The number of nitrogens with zero attached hydrogens (tertiary/aromatic N) is 1. The van der Waals surface area contributed by atoms with Crippen molar-refractivity contribution in [2.45, 2.75) is 26.0 Å². The van der Waals surface area contributed by atoms with Gasteiger partial charge in [0.1, 0.15) is 18.9 Å². The van der Waals surface area contributed by atoms with E-state index in [1.54, 1.807) is 0 Å². The number of carbonyl (C=O) groups is 2. The lowest BCUT2D eigenvalue weighted by Crippen LogP contribution is -2.56. The van der Waals surface area contributed by atoms with Crippen LogP contribution in [0, 0.1) is 0 Å². The zero-order valence-corrected chi connectivity index (χ0v) is 13.5. The van der Waals surface area contributed by atoms with Crippen molar-refractivity contribution in [3.05, 3.63) is 47.5 Å². The van der Waals surface area contributed by atoms with Crippen molar-refractivity contribution in [2.24, 2.45) is 0 Å². The predicted molar refractivity (Wildman–Crippen MR) is 85.9 cm³/mol. The Morgan fingerprint density at radius 1 is 1.36 bits per heavy atom. The highest BCUT2D eigenvalue weighted by Crippen LogP contribution is 2.17. The largest absolute Gasteiger partial charge is 0.459 e. The number of nitrogens with one attached hydrogen (secondary N) is 1. The van der Waals surface area contributed by atoms with Gasteiger partial charge in [0.05, 0.1) is 5.03 Å². The van der Waals surface area contributed by atoms with Crippen LogP contribution in [0.25, 0.3) is 0 Å². The maximum absolute atomic E-state index is 12.2. The number of benzene rings is 1. The summed E-state index contributed by atoms with van der Waals surface area (Å²) in [6.45, 7) is 5.82. The molecule has 6 nitrogen and oxygen atoms in total. The summed E-state index contributed by atoms with van der Waals surface area (Å²) < 4.78 is 5.22. The highest BCUT2D eigenvalue weighted by Gasteiger charge is 2.39. The Balaban J connectivity index is 2.74. The fourth-order valence-corrected chi connectivity index (χ4v) is 1.79. The first-order chi connectivity index (χ1) is 10.3. The van der Waals surface area contributed by atoms with Crippen LogP contribution in [0.5, 0.6) is 0 Å². The van der Waals surface area contributed by atoms with Crippen LogP contribution in [0.3, 0.4) is 0 Å². The molecule has 120 valence electrons. The zero-order valence-electron chi connectivity index (χ0n) is 12.6. The molecule has 22 heavy (non-hydrogen) atoms. The van der Waals surface area contributed by atoms with Gasteiger partial charge in [-0.25, -0.2) is 9.59 Å². The van der Waals surface area contributed by atoms with Gasteiger partial charge in [-0.2, -0.15) is 0 Å². The number of amides is 2. The Labute approximate surface area is 135 Å². The number of hydrogen-bond donors (Lipinski definition) is 3. The SMILES string of the molecule is C=C(S)NC(=O)N(CO)C(C)(C)C(=O)OCc1ccccc1. The third kappa shape index (κ3) is 4.78. The van der Waals surface area contributed by atoms with Crippen LogP contribution < -0.4 is 5.32 Å². The molecule has 0 aliphatic heterocycles. The Morgan fingerprint density at radius 3 is 2.45 bits per heavy atom. The van der Waals surface area contributed by atoms with Crippen LogP contribution in [0.2, 0.25) is 0 Å². The first-order valence-electron chi connectivity index (χ1n) is 6.57. The van der Waals surface area contributed by atoms with Crippen LogP contribution in [0.1, 0.15) is 19.4 Å². The van der Waals surface area contributed by atoms with E-state index in [9.17, 15) is 14.7 Å². The Kier molecular flexibility index (Phi) is 6.45. The monoisotopic (exact) mass is 324 g/mol. The Hall–Kier alpha value is -1.99. The number of aliphatic hydroxyl groups excluding tert-OH is 1. The van der Waals surface area contributed by atoms with Gasteiger partial charge in [-0.15, -0.1) is 12.6 Å². The number of aliphatic hydroxyl groups is 1. The van der Waals surface area contributed by atoms with Gasteiger partial charge in [0.2, 0.25) is 0 Å². The van der Waals surface area contributed by atoms with Crippen LogP contribution in [-0.4, -0.2) is 34.3 Å². The highest BCUT2D eigenvalue weighted by atomic mass is 32.1. The van der Waals surface area contributed by atoms with Crippen molar-refractivity contribution in [1.82, 2.24) is 10.2 Å². The number of carbonyl (C=O) groups excluding carboxylic acids is 2. The second-order valence-corrected chi connectivity index (χ2v) is 5.61. The van der Waals surface area contributed by atoms with E-state index in [1.165, 1.54) is 13.8 Å². The van der Waals surface area contributed by atoms with Crippen LogP contribution in [-0.2, 0) is 16.1 Å². The number of hydrogen-bond acceptors (Lipinski definition) is 5. The smallest absolute Gasteiger partial charge is 0.331 e. The first kappa shape index (κ1) is 18.1. The van der Waals surface area contributed by atoms with Crippen LogP contribution in [0.15, 0.2) is 41.9 Å². The van der Waals surface area contributed by atoms with Crippen molar-refractivity contribution in [2.75, 3.05) is 6.73 Å². The summed E-state index contributed by atoms with van der Waals surface area (Å²) in [7, 11) is 0. The molecule has 0 atom stereocenters. The van der Waals surface area contributed by atoms with Crippen molar-refractivity contribution in [1.29, 1.82) is 0 Å². The fourth-order valence-electron chi connectivity index (χ4n) is 1.70. The first-order valence-corrected chi connectivity index (χ1v) is 7.02. The lowest BCUT2D eigenvalue weighted by atomic mass is 10.0. The molecule has 0 aromatic heterocycles. The standard InChI is InChI=1S/C15H20N2O4S/c1-11(22)16-14(20)17(10-18)15(2,3)13(19)21-9-12-7-5-4-6-8-12/h4-8,18,22H,1,9-10H2,2-3H3,(H,16,20). The second kappa shape index (κ2) is 7.86. The number of rotatable bonds is 6. The van der Waals surface area contributed by atoms with Gasteiger partial charge in [0.25, 0.3) is 0 Å². The van der Waals surface area contributed by atoms with Gasteiger partial charge in [0, 0.05) is 0 Å². The normalized spacial score (nSPS) is 10.7. The predicted octanol–water partition coefficient (Wildman–Crippen LogP) is 1.87. The summed E-state index contributed by atoms with van der Waals surface area (Å²) in [5.41, 5.74) is -0.521. The van der Waals surface area contributed by atoms with Gasteiger partial charge < -0.3 is 15.2 Å². The van der Waals surface area contributed by atoms with Crippen LogP contribution in [0.4, 0.5) is 4.79 Å². The molecular formula is C15H20N2O4S. The molecule has 0 radical (unpaired) electrons. The Morgan fingerprint density at radius 2 is 1.95 bits per heavy atom. The number of ether oxygens (including phenoxy) is 1. The summed E-state index contributed by atoms with van der Waals surface area (Å²) in [6, 6.07) is 8.48. The third-order valence-electron chi connectivity index (χ3n) is 3.02. The fraction of sp³-hybridized carbons (Fsp3) is 0.333. The number of thiol groups is 1. The van der Waals surface area contributed by atoms with Gasteiger partial charge in [-0.1, -0.05) is 36.9 Å². The molecule has 0 unspecified atom stereocenters. The minimum absolute atomic E-state index is 0.0866. The van der Waals surface area contributed by atoms with Gasteiger partial charge in [-0.05, 0) is 19.4 Å². The van der Waals surface area contributed by atoms with Crippen molar-refractivity contribution in [3.8, 4) is 0 Å². The minimum atomic E-state index is -1.35. The topological polar surface area (TPSA) is 78.9 Å². The van der Waals surface area contributed by atoms with E-state index in [0.717, 1.165) is 10.5 Å². The van der Waals surface area contributed by atoms with E-state index in [-0.39, 0.29) is 11.6 Å². The molecule has 1 aromatic carbocycles. The van der Waals surface area contributed by atoms with Crippen molar-refractivity contribution in [3.63, 3.8) is 0 Å². The van der Waals surface area contributed by atoms with Gasteiger partial charge >= 0.3 is 12.0 Å². The lowest BCUT2D eigenvalue weighted by molar-refractivity contribution is -0.157. The summed E-state index contributed by atoms with van der Waals surface area (Å²) in [5.74, 6) is -0.634. The Bertz CT molecular complexity index is 546. The zero-order chi connectivity index (χ0) is 16.8. The molecular weight excluding hydrogens is 304 g/mol.